The van der Waals surface area contributed by atoms with Crippen LogP contribution >= 0.6 is 0 Å². The van der Waals surface area contributed by atoms with Crippen LogP contribution in [0.15, 0.2) is 47.1 Å². The van der Waals surface area contributed by atoms with E-state index in [-0.39, 0.29) is 0 Å². The second kappa shape index (κ2) is 3.74. The molecule has 84 valence electrons. The molecule has 0 spiro atoms. The largest absolute Gasteiger partial charge is 0.462 e. The van der Waals surface area contributed by atoms with Crippen LogP contribution in [0.3, 0.4) is 0 Å². The Morgan fingerprint density at radius 1 is 1.18 bits per heavy atom. The molecule has 3 rings (SSSR count). The Kier molecular flexibility index (Phi) is 2.22. The smallest absolute Gasteiger partial charge is 0.160 e. The SMILES string of the molecule is C/C=C(\C)c1nc2ccccc2c2ccoc12. The fourth-order valence-corrected chi connectivity index (χ4v) is 2.08. The van der Waals surface area contributed by atoms with Crippen LogP contribution in [0.25, 0.3) is 27.4 Å². The molecule has 0 aliphatic carbocycles. The van der Waals surface area contributed by atoms with E-state index in [4.69, 9.17) is 4.42 Å². The molecule has 0 unspecified atom stereocenters. The molecule has 0 radical (unpaired) electrons. The van der Waals surface area contributed by atoms with E-state index < -0.39 is 0 Å². The van der Waals surface area contributed by atoms with Crippen molar-refractivity contribution in [2.45, 2.75) is 13.8 Å². The van der Waals surface area contributed by atoms with E-state index in [2.05, 4.69) is 24.1 Å². The number of furan rings is 1. The first-order chi connectivity index (χ1) is 8.31. The number of aromatic nitrogens is 1. The third kappa shape index (κ3) is 1.45. The van der Waals surface area contributed by atoms with Gasteiger partial charge in [-0.05, 0) is 31.6 Å². The van der Waals surface area contributed by atoms with E-state index in [9.17, 15) is 0 Å². The lowest BCUT2D eigenvalue weighted by molar-refractivity contribution is 0.613. The van der Waals surface area contributed by atoms with E-state index >= 15 is 0 Å². The molecule has 0 fully saturated rings. The van der Waals surface area contributed by atoms with Gasteiger partial charge in [0, 0.05) is 10.8 Å². The molecule has 17 heavy (non-hydrogen) atoms. The van der Waals surface area contributed by atoms with Gasteiger partial charge in [0.05, 0.1) is 11.8 Å². The van der Waals surface area contributed by atoms with Gasteiger partial charge in [0.1, 0.15) is 5.69 Å². The van der Waals surface area contributed by atoms with Crippen LogP contribution in [0.2, 0.25) is 0 Å². The van der Waals surface area contributed by atoms with Crippen LogP contribution in [-0.2, 0) is 0 Å². The summed E-state index contributed by atoms with van der Waals surface area (Å²) in [4.78, 5) is 4.68. The quantitative estimate of drug-likeness (QED) is 0.611. The summed E-state index contributed by atoms with van der Waals surface area (Å²) in [5.74, 6) is 0. The van der Waals surface area contributed by atoms with Crippen molar-refractivity contribution in [1.29, 1.82) is 0 Å². The number of nitrogens with zero attached hydrogens (tertiary/aromatic N) is 1. The molecule has 0 amide bonds. The van der Waals surface area contributed by atoms with Gasteiger partial charge in [0.25, 0.3) is 0 Å². The molecule has 3 aromatic rings. The summed E-state index contributed by atoms with van der Waals surface area (Å²) in [5.41, 5.74) is 3.96. The highest BCUT2D eigenvalue weighted by Crippen LogP contribution is 2.30. The van der Waals surface area contributed by atoms with Crippen LogP contribution < -0.4 is 0 Å². The lowest BCUT2D eigenvalue weighted by Gasteiger charge is -2.05. The topological polar surface area (TPSA) is 26.0 Å². The lowest BCUT2D eigenvalue weighted by Crippen LogP contribution is -1.89. The van der Waals surface area contributed by atoms with Crippen LogP contribution in [0.4, 0.5) is 0 Å². The fraction of sp³-hybridized carbons (Fsp3) is 0.133. The van der Waals surface area contributed by atoms with Crippen molar-refractivity contribution in [3.8, 4) is 0 Å². The van der Waals surface area contributed by atoms with Crippen molar-refractivity contribution in [3.63, 3.8) is 0 Å². The van der Waals surface area contributed by atoms with Crippen molar-refractivity contribution >= 4 is 27.4 Å². The minimum absolute atomic E-state index is 0.874. The Hall–Kier alpha value is -2.09. The van der Waals surface area contributed by atoms with Gasteiger partial charge in [0.15, 0.2) is 5.58 Å². The Morgan fingerprint density at radius 2 is 2.00 bits per heavy atom. The van der Waals surface area contributed by atoms with Gasteiger partial charge in [-0.1, -0.05) is 24.3 Å². The highest BCUT2D eigenvalue weighted by atomic mass is 16.3. The minimum atomic E-state index is 0.874. The third-order valence-electron chi connectivity index (χ3n) is 3.11. The molecular weight excluding hydrogens is 210 g/mol. The zero-order valence-corrected chi connectivity index (χ0v) is 9.90. The van der Waals surface area contributed by atoms with Crippen LogP contribution in [0, 0.1) is 0 Å². The van der Waals surface area contributed by atoms with Gasteiger partial charge >= 0.3 is 0 Å². The van der Waals surface area contributed by atoms with Crippen LogP contribution in [-0.4, -0.2) is 4.98 Å². The van der Waals surface area contributed by atoms with Crippen molar-refractivity contribution in [3.05, 3.63) is 48.4 Å². The summed E-state index contributed by atoms with van der Waals surface area (Å²) in [6.07, 6.45) is 3.78. The average Bonchev–Trinajstić information content (AvgIpc) is 2.86. The molecule has 0 bridgehead atoms. The molecule has 0 aliphatic heterocycles. The Balaban J connectivity index is 2.52. The van der Waals surface area contributed by atoms with Gasteiger partial charge in [-0.15, -0.1) is 0 Å². The van der Waals surface area contributed by atoms with Crippen LogP contribution in [0.1, 0.15) is 19.5 Å². The molecule has 2 aromatic heterocycles. The van der Waals surface area contributed by atoms with Gasteiger partial charge in [-0.25, -0.2) is 4.98 Å². The van der Waals surface area contributed by atoms with Crippen molar-refractivity contribution in [1.82, 2.24) is 4.98 Å². The maximum absolute atomic E-state index is 5.58. The van der Waals surface area contributed by atoms with Crippen molar-refractivity contribution < 1.29 is 4.42 Å². The second-order valence-electron chi connectivity index (χ2n) is 4.11. The molecule has 1 aromatic carbocycles. The minimum Gasteiger partial charge on any atom is -0.462 e. The highest BCUT2D eigenvalue weighted by Gasteiger charge is 2.11. The molecule has 0 saturated carbocycles. The van der Waals surface area contributed by atoms with Gasteiger partial charge in [0.2, 0.25) is 0 Å². The Morgan fingerprint density at radius 3 is 2.82 bits per heavy atom. The van der Waals surface area contributed by atoms with E-state index in [1.807, 2.05) is 31.2 Å². The third-order valence-corrected chi connectivity index (χ3v) is 3.11. The second-order valence-corrected chi connectivity index (χ2v) is 4.11. The first-order valence-electron chi connectivity index (χ1n) is 5.70. The van der Waals surface area contributed by atoms with Crippen molar-refractivity contribution in [2.75, 3.05) is 0 Å². The first kappa shape index (κ1) is 10.1. The summed E-state index contributed by atoms with van der Waals surface area (Å²) >= 11 is 0. The number of rotatable bonds is 1. The maximum Gasteiger partial charge on any atom is 0.160 e. The summed E-state index contributed by atoms with van der Waals surface area (Å²) in [6.45, 7) is 4.07. The molecule has 2 heteroatoms. The lowest BCUT2D eigenvalue weighted by atomic mass is 10.1. The number of benzene rings is 1. The van der Waals surface area contributed by atoms with E-state index in [0.717, 1.165) is 33.1 Å². The van der Waals surface area contributed by atoms with E-state index in [1.165, 1.54) is 0 Å². The normalized spacial score (nSPS) is 12.5. The summed E-state index contributed by atoms with van der Waals surface area (Å²) in [7, 11) is 0. The molecule has 0 saturated heterocycles. The zero-order valence-electron chi connectivity index (χ0n) is 9.90. The highest BCUT2D eigenvalue weighted by molar-refractivity contribution is 6.06. The molecule has 2 heterocycles. The zero-order chi connectivity index (χ0) is 11.8. The number of fused-ring (bicyclic) bond motifs is 3. The number of hydrogen-bond acceptors (Lipinski definition) is 2. The first-order valence-corrected chi connectivity index (χ1v) is 5.70. The monoisotopic (exact) mass is 223 g/mol. The molecule has 0 atom stereocenters. The fourth-order valence-electron chi connectivity index (χ4n) is 2.08. The average molecular weight is 223 g/mol. The molecular formula is C15H13NO. The van der Waals surface area contributed by atoms with Crippen LogP contribution in [0.5, 0.6) is 0 Å². The van der Waals surface area contributed by atoms with E-state index in [0.29, 0.717) is 0 Å². The van der Waals surface area contributed by atoms with E-state index in [1.54, 1.807) is 6.26 Å². The summed E-state index contributed by atoms with van der Waals surface area (Å²) in [6, 6.07) is 10.2. The number of para-hydroxylation sites is 1. The maximum atomic E-state index is 5.58. The predicted octanol–water partition coefficient (Wildman–Crippen LogP) is 4.40. The molecule has 2 nitrogen and oxygen atoms in total. The summed E-state index contributed by atoms with van der Waals surface area (Å²) < 4.78 is 5.58. The van der Waals surface area contributed by atoms with Gasteiger partial charge in [-0.2, -0.15) is 0 Å². The number of pyridine rings is 1. The standard InChI is InChI=1S/C15H13NO/c1-3-10(2)14-15-12(8-9-17-15)11-6-4-5-7-13(11)16-14/h3-9H,1-2H3/b10-3+. The number of hydrogen-bond donors (Lipinski definition) is 0. The summed E-state index contributed by atoms with van der Waals surface area (Å²) in [5, 5.41) is 2.27. The van der Waals surface area contributed by atoms with Gasteiger partial charge in [-0.3, -0.25) is 0 Å². The Labute approximate surface area is 99.6 Å². The molecule has 0 N–H and O–H groups in total. The number of allylic oxidation sites excluding steroid dienone is 2. The Bertz CT molecular complexity index is 722. The predicted molar refractivity (Wildman–Crippen MR) is 70.8 cm³/mol. The van der Waals surface area contributed by atoms with Gasteiger partial charge < -0.3 is 4.42 Å². The van der Waals surface area contributed by atoms with Crippen molar-refractivity contribution in [2.24, 2.45) is 0 Å². The molecule has 0 aliphatic rings.